The van der Waals surface area contributed by atoms with E-state index in [9.17, 15) is 0 Å². The van der Waals surface area contributed by atoms with E-state index in [-0.39, 0.29) is 0 Å². The standard InChI is InChI=1S/C24H23N5/c1-3-7-18(8-4-1)22-16-25-23-17-26-24(15-21(23)28-22)27-19-9-11-20(12-10-19)29-13-5-2-6-14-29/h1,3-4,7-12,15-17H,2,5-6,13-14H2,(H,26,27). The fourth-order valence-corrected chi connectivity index (χ4v) is 3.79. The highest BCUT2D eigenvalue weighted by atomic mass is 15.1. The predicted molar refractivity (Wildman–Crippen MR) is 119 cm³/mol. The molecule has 0 aliphatic carbocycles. The van der Waals surface area contributed by atoms with Gasteiger partial charge in [0.25, 0.3) is 0 Å². The van der Waals surface area contributed by atoms with Crippen LogP contribution in [-0.2, 0) is 0 Å². The molecule has 5 rings (SSSR count). The van der Waals surface area contributed by atoms with Crippen molar-refractivity contribution in [3.05, 3.63) is 73.1 Å². The highest BCUT2D eigenvalue weighted by Crippen LogP contribution is 2.25. The molecule has 2 aromatic carbocycles. The van der Waals surface area contributed by atoms with E-state index >= 15 is 0 Å². The number of pyridine rings is 1. The number of fused-ring (bicyclic) bond motifs is 1. The fraction of sp³-hybridized carbons (Fsp3) is 0.208. The Kier molecular flexibility index (Phi) is 4.78. The summed E-state index contributed by atoms with van der Waals surface area (Å²) in [5, 5.41) is 3.39. The molecule has 0 atom stereocenters. The maximum atomic E-state index is 4.77. The molecule has 1 aliphatic rings. The minimum absolute atomic E-state index is 0.766. The van der Waals surface area contributed by atoms with Crippen LogP contribution in [0, 0.1) is 0 Å². The predicted octanol–water partition coefficient (Wildman–Crippen LogP) is 5.43. The molecule has 29 heavy (non-hydrogen) atoms. The second kappa shape index (κ2) is 7.87. The van der Waals surface area contributed by atoms with Crippen LogP contribution in [-0.4, -0.2) is 28.0 Å². The first kappa shape index (κ1) is 17.6. The van der Waals surface area contributed by atoms with E-state index in [2.05, 4.69) is 44.5 Å². The average Bonchev–Trinajstić information content (AvgIpc) is 2.80. The van der Waals surface area contributed by atoms with Gasteiger partial charge in [-0.3, -0.25) is 4.98 Å². The Morgan fingerprint density at radius 2 is 1.55 bits per heavy atom. The van der Waals surface area contributed by atoms with E-state index in [0.717, 1.165) is 46.9 Å². The van der Waals surface area contributed by atoms with Crippen LogP contribution < -0.4 is 10.2 Å². The zero-order valence-electron chi connectivity index (χ0n) is 16.3. The molecule has 0 amide bonds. The number of nitrogens with zero attached hydrogens (tertiary/aromatic N) is 4. The van der Waals surface area contributed by atoms with Crippen LogP contribution in [0.1, 0.15) is 19.3 Å². The SMILES string of the molecule is c1ccc(-c2cnc3cnc(Nc4ccc(N5CCCCC5)cc4)cc3n2)cc1. The second-order valence-electron chi connectivity index (χ2n) is 7.40. The number of piperidine rings is 1. The van der Waals surface area contributed by atoms with Crippen molar-refractivity contribution < 1.29 is 0 Å². The van der Waals surface area contributed by atoms with E-state index < -0.39 is 0 Å². The van der Waals surface area contributed by atoms with Gasteiger partial charge in [0.2, 0.25) is 0 Å². The van der Waals surface area contributed by atoms with Crippen LogP contribution in [0.25, 0.3) is 22.3 Å². The lowest BCUT2D eigenvalue weighted by atomic mass is 10.1. The average molecular weight is 381 g/mol. The topological polar surface area (TPSA) is 53.9 Å². The summed E-state index contributed by atoms with van der Waals surface area (Å²) < 4.78 is 0. The maximum absolute atomic E-state index is 4.77. The third kappa shape index (κ3) is 3.90. The summed E-state index contributed by atoms with van der Waals surface area (Å²) in [6.07, 6.45) is 7.48. The molecule has 144 valence electrons. The van der Waals surface area contributed by atoms with Crippen LogP contribution in [0.15, 0.2) is 73.1 Å². The van der Waals surface area contributed by atoms with Crippen molar-refractivity contribution in [1.29, 1.82) is 0 Å². The minimum Gasteiger partial charge on any atom is -0.372 e. The van der Waals surface area contributed by atoms with Gasteiger partial charge in [-0.05, 0) is 43.5 Å². The molecule has 0 radical (unpaired) electrons. The zero-order chi connectivity index (χ0) is 19.5. The monoisotopic (exact) mass is 381 g/mol. The van der Waals surface area contributed by atoms with E-state index in [4.69, 9.17) is 4.98 Å². The van der Waals surface area contributed by atoms with Gasteiger partial charge in [0.1, 0.15) is 11.3 Å². The summed E-state index contributed by atoms with van der Waals surface area (Å²) in [4.78, 5) is 16.2. The maximum Gasteiger partial charge on any atom is 0.132 e. The lowest BCUT2D eigenvalue weighted by molar-refractivity contribution is 0.578. The van der Waals surface area contributed by atoms with Gasteiger partial charge in [-0.1, -0.05) is 30.3 Å². The van der Waals surface area contributed by atoms with E-state index in [0.29, 0.717) is 0 Å². The Hall–Kier alpha value is -3.47. The number of anilines is 3. The molecular weight excluding hydrogens is 358 g/mol. The third-order valence-corrected chi connectivity index (χ3v) is 5.36. The van der Waals surface area contributed by atoms with Gasteiger partial charge in [0.15, 0.2) is 0 Å². The largest absolute Gasteiger partial charge is 0.372 e. The van der Waals surface area contributed by atoms with Crippen LogP contribution in [0.3, 0.4) is 0 Å². The molecule has 1 aliphatic heterocycles. The molecule has 2 aromatic heterocycles. The van der Waals surface area contributed by atoms with E-state index in [1.54, 1.807) is 12.4 Å². The molecule has 0 saturated carbocycles. The summed E-state index contributed by atoms with van der Waals surface area (Å²) in [6, 6.07) is 20.6. The smallest absolute Gasteiger partial charge is 0.132 e. The van der Waals surface area contributed by atoms with Crippen molar-refractivity contribution in [2.45, 2.75) is 19.3 Å². The molecule has 5 nitrogen and oxygen atoms in total. The summed E-state index contributed by atoms with van der Waals surface area (Å²) in [7, 11) is 0. The van der Waals surface area contributed by atoms with E-state index in [1.807, 2.05) is 36.4 Å². The van der Waals surface area contributed by atoms with Crippen molar-refractivity contribution in [3.63, 3.8) is 0 Å². The van der Waals surface area contributed by atoms with Gasteiger partial charge in [0, 0.05) is 36.1 Å². The Morgan fingerprint density at radius 3 is 2.34 bits per heavy atom. The Morgan fingerprint density at radius 1 is 0.759 bits per heavy atom. The quantitative estimate of drug-likeness (QED) is 0.511. The molecular formula is C24H23N5. The zero-order valence-corrected chi connectivity index (χ0v) is 16.3. The van der Waals surface area contributed by atoms with Crippen molar-refractivity contribution in [3.8, 4) is 11.3 Å². The summed E-state index contributed by atoms with van der Waals surface area (Å²) in [5.74, 6) is 0.766. The number of hydrogen-bond donors (Lipinski definition) is 1. The van der Waals surface area contributed by atoms with E-state index in [1.165, 1.54) is 24.9 Å². The Balaban J connectivity index is 1.37. The van der Waals surface area contributed by atoms with Gasteiger partial charge in [-0.2, -0.15) is 0 Å². The van der Waals surface area contributed by atoms with Crippen molar-refractivity contribution in [2.24, 2.45) is 0 Å². The van der Waals surface area contributed by atoms with Crippen LogP contribution in [0.4, 0.5) is 17.2 Å². The lowest BCUT2D eigenvalue weighted by Crippen LogP contribution is -2.29. The second-order valence-corrected chi connectivity index (χ2v) is 7.40. The first-order valence-corrected chi connectivity index (χ1v) is 10.2. The van der Waals surface area contributed by atoms with Gasteiger partial charge < -0.3 is 10.2 Å². The van der Waals surface area contributed by atoms with Crippen LogP contribution in [0.5, 0.6) is 0 Å². The van der Waals surface area contributed by atoms with Gasteiger partial charge in [0.05, 0.1) is 23.6 Å². The molecule has 0 unspecified atom stereocenters. The summed E-state index contributed by atoms with van der Waals surface area (Å²) in [6.45, 7) is 2.31. The first-order valence-electron chi connectivity index (χ1n) is 10.2. The first-order chi connectivity index (χ1) is 14.3. The molecule has 1 saturated heterocycles. The highest BCUT2D eigenvalue weighted by Gasteiger charge is 2.11. The molecule has 1 fully saturated rings. The molecule has 0 spiro atoms. The Labute approximate surface area is 170 Å². The van der Waals surface area contributed by atoms with Crippen LogP contribution >= 0.6 is 0 Å². The van der Waals surface area contributed by atoms with Crippen molar-refractivity contribution >= 4 is 28.2 Å². The molecule has 5 heteroatoms. The van der Waals surface area contributed by atoms with Crippen molar-refractivity contribution in [1.82, 2.24) is 15.0 Å². The third-order valence-electron chi connectivity index (χ3n) is 5.36. The lowest BCUT2D eigenvalue weighted by Gasteiger charge is -2.28. The van der Waals surface area contributed by atoms with Gasteiger partial charge in [-0.25, -0.2) is 9.97 Å². The van der Waals surface area contributed by atoms with Crippen molar-refractivity contribution in [2.75, 3.05) is 23.3 Å². The highest BCUT2D eigenvalue weighted by molar-refractivity contribution is 5.79. The number of benzene rings is 2. The van der Waals surface area contributed by atoms with Gasteiger partial charge >= 0.3 is 0 Å². The molecule has 3 heterocycles. The minimum atomic E-state index is 0.766. The molecule has 1 N–H and O–H groups in total. The van der Waals surface area contributed by atoms with Crippen LogP contribution in [0.2, 0.25) is 0 Å². The number of hydrogen-bond acceptors (Lipinski definition) is 5. The summed E-state index contributed by atoms with van der Waals surface area (Å²) >= 11 is 0. The summed E-state index contributed by atoms with van der Waals surface area (Å²) in [5.41, 5.74) is 5.84. The normalized spacial score (nSPS) is 14.1. The number of rotatable bonds is 4. The molecule has 0 bridgehead atoms. The Bertz CT molecular complexity index is 1100. The molecule has 4 aromatic rings. The number of nitrogens with one attached hydrogen (secondary N) is 1. The van der Waals surface area contributed by atoms with Gasteiger partial charge in [-0.15, -0.1) is 0 Å². The number of aromatic nitrogens is 3. The fourth-order valence-electron chi connectivity index (χ4n) is 3.79.